The van der Waals surface area contributed by atoms with E-state index in [1.165, 1.54) is 18.2 Å². The molecule has 32 heavy (non-hydrogen) atoms. The Hall–Kier alpha value is -3.20. The first kappa shape index (κ1) is 25.1. The molecule has 9 nitrogen and oxygen atoms in total. The van der Waals surface area contributed by atoms with Crippen molar-refractivity contribution < 1.29 is 24.4 Å². The molecule has 0 amide bonds. The molecule has 0 radical (unpaired) electrons. The van der Waals surface area contributed by atoms with Crippen LogP contribution in [0.15, 0.2) is 46.8 Å². The summed E-state index contributed by atoms with van der Waals surface area (Å²) in [5, 5.41) is 27.3. The van der Waals surface area contributed by atoms with Gasteiger partial charge in [-0.05, 0) is 51.8 Å². The largest absolute Gasteiger partial charge is 0.478 e. The van der Waals surface area contributed by atoms with E-state index in [0.717, 1.165) is 32.4 Å². The van der Waals surface area contributed by atoms with E-state index in [-0.39, 0.29) is 23.4 Å². The molecule has 0 aliphatic carbocycles. The van der Waals surface area contributed by atoms with Gasteiger partial charge in [-0.3, -0.25) is 10.1 Å². The lowest BCUT2D eigenvalue weighted by Crippen LogP contribution is -2.32. The molecule has 1 atom stereocenters. The van der Waals surface area contributed by atoms with Crippen molar-refractivity contribution in [2.45, 2.75) is 52.4 Å². The number of dihydropyridines is 1. The molecule has 1 aliphatic rings. The van der Waals surface area contributed by atoms with E-state index in [2.05, 4.69) is 17.6 Å². The second-order valence-corrected chi connectivity index (χ2v) is 7.74. The molecule has 1 heterocycles. The summed E-state index contributed by atoms with van der Waals surface area (Å²) in [6, 6.07) is 5.69. The predicted octanol–water partition coefficient (Wildman–Crippen LogP) is 3.63. The number of nitrogens with zero attached hydrogens (tertiary/aromatic N) is 1. The quantitative estimate of drug-likeness (QED) is 0.192. The first-order valence-corrected chi connectivity index (χ1v) is 10.8. The van der Waals surface area contributed by atoms with Gasteiger partial charge in [-0.1, -0.05) is 25.5 Å². The van der Waals surface area contributed by atoms with Gasteiger partial charge in [-0.25, -0.2) is 9.59 Å². The number of esters is 1. The smallest absolute Gasteiger partial charge is 0.336 e. The molecule has 174 valence electrons. The molecular weight excluding hydrogens is 414 g/mol. The predicted molar refractivity (Wildman–Crippen MR) is 120 cm³/mol. The number of hydrogen-bond acceptors (Lipinski definition) is 7. The molecule has 0 bridgehead atoms. The number of rotatable bonds is 12. The van der Waals surface area contributed by atoms with Gasteiger partial charge in [0.2, 0.25) is 0 Å². The van der Waals surface area contributed by atoms with Gasteiger partial charge in [-0.15, -0.1) is 0 Å². The molecule has 1 aromatic rings. The lowest BCUT2D eigenvalue weighted by atomic mass is 9.80. The van der Waals surface area contributed by atoms with Gasteiger partial charge in [0.15, 0.2) is 0 Å². The third kappa shape index (κ3) is 6.40. The van der Waals surface area contributed by atoms with Crippen LogP contribution in [0.2, 0.25) is 0 Å². The van der Waals surface area contributed by atoms with E-state index < -0.39 is 22.8 Å². The zero-order chi connectivity index (χ0) is 23.7. The monoisotopic (exact) mass is 445 g/mol. The number of benzene rings is 1. The number of allylic oxidation sites excluding steroid dienone is 2. The maximum absolute atomic E-state index is 13.0. The highest BCUT2D eigenvalue weighted by atomic mass is 16.6. The number of nitrogens with one attached hydrogen (secondary N) is 2. The van der Waals surface area contributed by atoms with Crippen LogP contribution in [0.3, 0.4) is 0 Å². The topological polar surface area (TPSA) is 131 Å². The molecule has 0 fully saturated rings. The normalized spacial score (nSPS) is 16.0. The fourth-order valence-corrected chi connectivity index (χ4v) is 3.72. The number of nitro groups is 1. The summed E-state index contributed by atoms with van der Waals surface area (Å²) in [6.45, 7) is 7.40. The van der Waals surface area contributed by atoms with Gasteiger partial charge in [0.05, 0.1) is 28.6 Å². The van der Waals surface area contributed by atoms with Crippen LogP contribution in [-0.2, 0) is 14.3 Å². The van der Waals surface area contributed by atoms with E-state index in [0.29, 0.717) is 23.4 Å². The fourth-order valence-electron chi connectivity index (χ4n) is 3.72. The molecule has 3 N–H and O–H groups in total. The Kier molecular flexibility index (Phi) is 9.39. The summed E-state index contributed by atoms with van der Waals surface area (Å²) in [5.41, 5.74) is 1.13. The van der Waals surface area contributed by atoms with Gasteiger partial charge in [-0.2, -0.15) is 0 Å². The summed E-state index contributed by atoms with van der Waals surface area (Å²) >= 11 is 0. The highest BCUT2D eigenvalue weighted by Crippen LogP contribution is 2.39. The van der Waals surface area contributed by atoms with Crippen molar-refractivity contribution in [1.82, 2.24) is 10.6 Å². The molecule has 2 rings (SSSR count). The van der Waals surface area contributed by atoms with Crippen molar-refractivity contribution in [2.75, 3.05) is 19.7 Å². The van der Waals surface area contributed by atoms with E-state index in [1.54, 1.807) is 19.9 Å². The minimum Gasteiger partial charge on any atom is -0.478 e. The highest BCUT2D eigenvalue weighted by Gasteiger charge is 2.37. The summed E-state index contributed by atoms with van der Waals surface area (Å²) in [7, 11) is 0. The van der Waals surface area contributed by atoms with Gasteiger partial charge in [0.25, 0.3) is 5.69 Å². The molecule has 0 saturated heterocycles. The number of carbonyl (C=O) groups excluding carboxylic acids is 1. The lowest BCUT2D eigenvalue weighted by Gasteiger charge is -2.29. The second kappa shape index (κ2) is 12.0. The molecular formula is C23H31N3O6. The third-order valence-electron chi connectivity index (χ3n) is 5.31. The van der Waals surface area contributed by atoms with E-state index >= 15 is 0 Å². The van der Waals surface area contributed by atoms with E-state index in [1.807, 2.05) is 0 Å². The minimum absolute atomic E-state index is 0.0387. The number of nitro benzene ring substituents is 1. The third-order valence-corrected chi connectivity index (χ3v) is 5.31. The summed E-state index contributed by atoms with van der Waals surface area (Å²) in [6.07, 6.45) is 3.77. The number of carboxylic acids is 1. The first-order valence-electron chi connectivity index (χ1n) is 10.8. The van der Waals surface area contributed by atoms with Crippen molar-refractivity contribution in [3.05, 3.63) is 62.5 Å². The minimum atomic E-state index is -1.21. The number of carboxylic acid groups (broad SMARTS) is 1. The van der Waals surface area contributed by atoms with Crippen molar-refractivity contribution in [3.8, 4) is 0 Å². The maximum Gasteiger partial charge on any atom is 0.336 e. The standard InChI is InChI=1S/C23H31N3O6/c1-4-5-11-24-12-6-7-13-32-23(29)20-16(3)25-15(2)19(22(27)28)21(20)17-9-8-10-18(14-17)26(30)31/h8-10,14,21,24-25H,4-7,11-13H2,1-3H3,(H,27,28). The Balaban J connectivity index is 2.20. The number of hydrogen-bond donors (Lipinski definition) is 3. The number of unbranched alkanes of at least 4 members (excludes halogenated alkanes) is 2. The van der Waals surface area contributed by atoms with E-state index in [4.69, 9.17) is 4.74 Å². The lowest BCUT2D eigenvalue weighted by molar-refractivity contribution is -0.384. The summed E-state index contributed by atoms with van der Waals surface area (Å²) in [5.74, 6) is -2.81. The Morgan fingerprint density at radius 1 is 1.16 bits per heavy atom. The zero-order valence-corrected chi connectivity index (χ0v) is 18.8. The van der Waals surface area contributed by atoms with Crippen molar-refractivity contribution in [3.63, 3.8) is 0 Å². The number of non-ortho nitro benzene ring substituents is 1. The number of aliphatic carboxylic acids is 1. The summed E-state index contributed by atoms with van der Waals surface area (Å²) < 4.78 is 5.46. The molecule has 1 aromatic carbocycles. The second-order valence-electron chi connectivity index (χ2n) is 7.74. The molecule has 9 heteroatoms. The van der Waals surface area contributed by atoms with E-state index in [9.17, 15) is 24.8 Å². The average molecular weight is 446 g/mol. The SMILES string of the molecule is CCCCNCCCCOC(=O)C1=C(C)NC(C)=C(C(=O)O)C1c1cccc([N+](=O)[O-])c1. The van der Waals surface area contributed by atoms with Crippen molar-refractivity contribution in [2.24, 2.45) is 0 Å². The van der Waals surface area contributed by atoms with Gasteiger partial charge >= 0.3 is 11.9 Å². The Bertz CT molecular complexity index is 922. The van der Waals surface area contributed by atoms with Crippen molar-refractivity contribution >= 4 is 17.6 Å². The Morgan fingerprint density at radius 3 is 2.50 bits per heavy atom. The van der Waals surface area contributed by atoms with Gasteiger partial charge in [0.1, 0.15) is 0 Å². The molecule has 0 aromatic heterocycles. The van der Waals surface area contributed by atoms with Crippen LogP contribution in [0.25, 0.3) is 0 Å². The van der Waals surface area contributed by atoms with Crippen LogP contribution in [0.5, 0.6) is 0 Å². The van der Waals surface area contributed by atoms with Gasteiger partial charge in [0, 0.05) is 23.5 Å². The Morgan fingerprint density at radius 2 is 1.84 bits per heavy atom. The van der Waals surface area contributed by atoms with Crippen LogP contribution in [0.4, 0.5) is 5.69 Å². The van der Waals surface area contributed by atoms with Crippen molar-refractivity contribution in [1.29, 1.82) is 0 Å². The molecule has 0 saturated carbocycles. The van der Waals surface area contributed by atoms with Crippen LogP contribution in [-0.4, -0.2) is 41.7 Å². The van der Waals surface area contributed by atoms with Crippen LogP contribution in [0, 0.1) is 10.1 Å². The fraction of sp³-hybridized carbons (Fsp3) is 0.478. The number of ether oxygens (including phenoxy) is 1. The van der Waals surface area contributed by atoms with Crippen LogP contribution >= 0.6 is 0 Å². The summed E-state index contributed by atoms with van der Waals surface area (Å²) in [4.78, 5) is 35.7. The highest BCUT2D eigenvalue weighted by molar-refractivity contribution is 5.99. The molecule has 1 unspecified atom stereocenters. The van der Waals surface area contributed by atoms with Gasteiger partial charge < -0.3 is 20.5 Å². The molecule has 1 aliphatic heterocycles. The average Bonchev–Trinajstić information content (AvgIpc) is 2.74. The first-order chi connectivity index (χ1) is 15.3. The maximum atomic E-state index is 13.0. The van der Waals surface area contributed by atoms with Crippen LogP contribution < -0.4 is 10.6 Å². The van der Waals surface area contributed by atoms with Crippen LogP contribution in [0.1, 0.15) is 57.9 Å². The zero-order valence-electron chi connectivity index (χ0n) is 18.8. The number of carbonyl (C=O) groups is 2. The Labute approximate surface area is 187 Å². The molecule has 0 spiro atoms.